The average molecular weight is 321 g/mol. The number of rotatable bonds is 7. The second-order valence-electron chi connectivity index (χ2n) is 6.07. The highest BCUT2D eigenvalue weighted by molar-refractivity contribution is 5.82. The number of carbonyl (C=O) groups excluding carboxylic acids is 1. The molecule has 3 aromatic rings. The fourth-order valence-corrected chi connectivity index (χ4v) is 3.06. The van der Waals surface area contributed by atoms with E-state index >= 15 is 0 Å². The van der Waals surface area contributed by atoms with E-state index in [0.717, 1.165) is 37.0 Å². The lowest BCUT2D eigenvalue weighted by molar-refractivity contribution is -0.118. The third-order valence-corrected chi connectivity index (χ3v) is 4.24. The molecule has 0 aliphatic rings. The van der Waals surface area contributed by atoms with Crippen LogP contribution in [0.25, 0.3) is 11.0 Å². The Balaban J connectivity index is 1.75. The van der Waals surface area contributed by atoms with E-state index in [-0.39, 0.29) is 5.91 Å². The van der Waals surface area contributed by atoms with Crippen LogP contribution in [0, 0.1) is 0 Å². The highest BCUT2D eigenvalue weighted by atomic mass is 16.3. The molecule has 0 saturated carbocycles. The number of hydrogen-bond donors (Lipinski definition) is 1. The molecule has 3 rings (SSSR count). The summed E-state index contributed by atoms with van der Waals surface area (Å²) in [7, 11) is 0. The topological polar surface area (TPSA) is 42.2 Å². The molecule has 1 amide bonds. The Hall–Kier alpha value is -2.55. The summed E-state index contributed by atoms with van der Waals surface area (Å²) in [5, 5.41) is 4.06. The minimum absolute atomic E-state index is 0.0244. The zero-order valence-corrected chi connectivity index (χ0v) is 14.0. The molecule has 1 N–H and O–H groups in total. The van der Waals surface area contributed by atoms with Crippen molar-refractivity contribution in [3.63, 3.8) is 0 Å². The van der Waals surface area contributed by atoms with Crippen molar-refractivity contribution in [2.24, 2.45) is 0 Å². The lowest BCUT2D eigenvalue weighted by atomic mass is 10.0. The third kappa shape index (κ3) is 4.05. The van der Waals surface area contributed by atoms with Crippen molar-refractivity contribution < 1.29 is 9.21 Å². The number of aryl methyl sites for hydroxylation is 3. The first kappa shape index (κ1) is 16.3. The van der Waals surface area contributed by atoms with Crippen molar-refractivity contribution in [3.8, 4) is 0 Å². The third-order valence-electron chi connectivity index (χ3n) is 4.24. The standard InChI is InChI=1S/C21H23NO2/c1-16(23)22-15-7-11-19-18-10-5-6-12-20(18)24-21(19)14-13-17-8-3-2-4-9-17/h2-6,8-10,12H,7,11,13-15H2,1H3,(H,22,23). The molecule has 0 fully saturated rings. The predicted molar refractivity (Wildman–Crippen MR) is 97.1 cm³/mol. The van der Waals surface area contributed by atoms with Crippen LogP contribution in [0.4, 0.5) is 0 Å². The van der Waals surface area contributed by atoms with Crippen LogP contribution in [0.5, 0.6) is 0 Å². The van der Waals surface area contributed by atoms with Crippen LogP contribution in [0.2, 0.25) is 0 Å². The van der Waals surface area contributed by atoms with Gasteiger partial charge in [0, 0.05) is 30.8 Å². The number of fused-ring (bicyclic) bond motifs is 1. The molecule has 0 unspecified atom stereocenters. The van der Waals surface area contributed by atoms with Crippen LogP contribution in [0.1, 0.15) is 30.2 Å². The van der Waals surface area contributed by atoms with Gasteiger partial charge in [0.25, 0.3) is 0 Å². The zero-order valence-electron chi connectivity index (χ0n) is 14.0. The highest BCUT2D eigenvalue weighted by Gasteiger charge is 2.13. The average Bonchev–Trinajstić information content (AvgIpc) is 2.95. The molecule has 0 aliphatic carbocycles. The van der Waals surface area contributed by atoms with E-state index in [9.17, 15) is 4.79 Å². The lowest BCUT2D eigenvalue weighted by Gasteiger charge is -2.05. The van der Waals surface area contributed by atoms with E-state index < -0.39 is 0 Å². The van der Waals surface area contributed by atoms with E-state index in [2.05, 4.69) is 41.7 Å². The second kappa shape index (κ2) is 7.82. The van der Waals surface area contributed by atoms with Gasteiger partial charge in [0.1, 0.15) is 11.3 Å². The van der Waals surface area contributed by atoms with E-state index in [1.54, 1.807) is 6.92 Å². The van der Waals surface area contributed by atoms with E-state index in [0.29, 0.717) is 6.54 Å². The lowest BCUT2D eigenvalue weighted by Crippen LogP contribution is -2.21. The van der Waals surface area contributed by atoms with Gasteiger partial charge < -0.3 is 9.73 Å². The Morgan fingerprint density at radius 3 is 2.50 bits per heavy atom. The Morgan fingerprint density at radius 2 is 1.71 bits per heavy atom. The Kier molecular flexibility index (Phi) is 5.32. The van der Waals surface area contributed by atoms with Crippen molar-refractivity contribution in [2.45, 2.75) is 32.6 Å². The van der Waals surface area contributed by atoms with Gasteiger partial charge in [0.05, 0.1) is 0 Å². The fraction of sp³-hybridized carbons (Fsp3) is 0.286. The molecule has 24 heavy (non-hydrogen) atoms. The Bertz CT molecular complexity index is 805. The maximum atomic E-state index is 11.0. The van der Waals surface area contributed by atoms with Gasteiger partial charge in [0.15, 0.2) is 0 Å². The molecule has 3 heteroatoms. The summed E-state index contributed by atoms with van der Waals surface area (Å²) in [5.41, 5.74) is 3.56. The number of carbonyl (C=O) groups is 1. The van der Waals surface area contributed by atoms with Crippen molar-refractivity contribution >= 4 is 16.9 Å². The quantitative estimate of drug-likeness (QED) is 0.660. The number of benzene rings is 2. The van der Waals surface area contributed by atoms with E-state index in [4.69, 9.17) is 4.42 Å². The largest absolute Gasteiger partial charge is 0.461 e. The summed E-state index contributed by atoms with van der Waals surface area (Å²) >= 11 is 0. The van der Waals surface area contributed by atoms with Crippen molar-refractivity contribution in [1.82, 2.24) is 5.32 Å². The van der Waals surface area contributed by atoms with Crippen LogP contribution in [-0.2, 0) is 24.1 Å². The molecule has 0 radical (unpaired) electrons. The SMILES string of the molecule is CC(=O)NCCCc1c(CCc2ccccc2)oc2ccccc12. The number of hydrogen-bond acceptors (Lipinski definition) is 2. The minimum Gasteiger partial charge on any atom is -0.461 e. The van der Waals surface area contributed by atoms with Gasteiger partial charge in [-0.25, -0.2) is 0 Å². The molecule has 1 heterocycles. The fourth-order valence-electron chi connectivity index (χ4n) is 3.06. The zero-order chi connectivity index (χ0) is 16.8. The van der Waals surface area contributed by atoms with Gasteiger partial charge in [-0.1, -0.05) is 48.5 Å². The van der Waals surface area contributed by atoms with E-state index in [1.807, 2.05) is 18.2 Å². The first-order valence-corrected chi connectivity index (χ1v) is 8.51. The summed E-state index contributed by atoms with van der Waals surface area (Å²) in [5.74, 6) is 1.10. The highest BCUT2D eigenvalue weighted by Crippen LogP contribution is 2.28. The normalized spacial score (nSPS) is 10.9. The maximum absolute atomic E-state index is 11.0. The molecule has 0 atom stereocenters. The van der Waals surface area contributed by atoms with Gasteiger partial charge in [0.2, 0.25) is 5.91 Å². The smallest absolute Gasteiger partial charge is 0.216 e. The van der Waals surface area contributed by atoms with Crippen LogP contribution >= 0.6 is 0 Å². The van der Waals surface area contributed by atoms with Crippen molar-refractivity contribution in [3.05, 3.63) is 71.5 Å². The molecule has 1 aromatic heterocycles. The van der Waals surface area contributed by atoms with Crippen LogP contribution in [-0.4, -0.2) is 12.5 Å². The molecule has 0 aliphatic heterocycles. The summed E-state index contributed by atoms with van der Waals surface area (Å²) in [6.07, 6.45) is 3.70. The van der Waals surface area contributed by atoms with E-state index in [1.165, 1.54) is 16.5 Å². The molecule has 124 valence electrons. The first-order chi connectivity index (χ1) is 11.7. The van der Waals surface area contributed by atoms with Crippen LogP contribution < -0.4 is 5.32 Å². The van der Waals surface area contributed by atoms with Crippen LogP contribution in [0.3, 0.4) is 0 Å². The predicted octanol–water partition coefficient (Wildman–Crippen LogP) is 4.29. The van der Waals surface area contributed by atoms with Crippen molar-refractivity contribution in [1.29, 1.82) is 0 Å². The van der Waals surface area contributed by atoms with Gasteiger partial charge in [-0.3, -0.25) is 4.79 Å². The Labute approximate surface area is 142 Å². The minimum atomic E-state index is 0.0244. The molecule has 0 bridgehead atoms. The number of furan rings is 1. The number of para-hydroxylation sites is 1. The van der Waals surface area contributed by atoms with Crippen molar-refractivity contribution in [2.75, 3.05) is 6.54 Å². The van der Waals surface area contributed by atoms with Gasteiger partial charge >= 0.3 is 0 Å². The van der Waals surface area contributed by atoms with Gasteiger partial charge in [-0.05, 0) is 30.9 Å². The summed E-state index contributed by atoms with van der Waals surface area (Å²) in [4.78, 5) is 11.0. The molecular weight excluding hydrogens is 298 g/mol. The van der Waals surface area contributed by atoms with Gasteiger partial charge in [-0.15, -0.1) is 0 Å². The van der Waals surface area contributed by atoms with Gasteiger partial charge in [-0.2, -0.15) is 0 Å². The molecule has 0 saturated heterocycles. The van der Waals surface area contributed by atoms with Crippen LogP contribution in [0.15, 0.2) is 59.0 Å². The number of nitrogens with one attached hydrogen (secondary N) is 1. The molecule has 3 nitrogen and oxygen atoms in total. The maximum Gasteiger partial charge on any atom is 0.216 e. The molecule has 0 spiro atoms. The summed E-state index contributed by atoms with van der Waals surface area (Å²) < 4.78 is 6.11. The number of amides is 1. The second-order valence-corrected chi connectivity index (χ2v) is 6.07. The molecular formula is C21H23NO2. The first-order valence-electron chi connectivity index (χ1n) is 8.51. The summed E-state index contributed by atoms with van der Waals surface area (Å²) in [6, 6.07) is 18.7. The summed E-state index contributed by atoms with van der Waals surface area (Å²) in [6.45, 7) is 2.26. The molecule has 2 aromatic carbocycles. The Morgan fingerprint density at radius 1 is 0.958 bits per heavy atom. The monoisotopic (exact) mass is 321 g/mol.